The number of rotatable bonds is 7. The molecule has 58 heavy (non-hydrogen) atoms. The van der Waals surface area contributed by atoms with Gasteiger partial charge in [-0.2, -0.15) is 5.26 Å². The van der Waals surface area contributed by atoms with E-state index in [0.29, 0.717) is 23.0 Å². The molecular formula is C54H34N4. The molecule has 0 unspecified atom stereocenters. The van der Waals surface area contributed by atoms with E-state index in [1.807, 2.05) is 48.5 Å². The molecule has 4 nitrogen and oxygen atoms in total. The molecule has 9 aromatic carbocycles. The Morgan fingerprint density at radius 1 is 0.293 bits per heavy atom. The van der Waals surface area contributed by atoms with Gasteiger partial charge in [0.1, 0.15) is 0 Å². The number of fused-ring (bicyclic) bond motifs is 3. The standard InChI is InChI=1S/C54H34N4/c55-35-36-22-24-39(25-23-36)42-17-11-18-45(32-42)53-56-52(41-28-26-38(27-29-41)37-12-3-1-4-13-37)57-54(58-53)51-34-44(30-31-47(51)40-14-5-2-6-15-40)50-33-43-16-7-8-19-46(43)48-20-9-10-21-49(48)50/h1-34H. The van der Waals surface area contributed by atoms with Crippen LogP contribution in [-0.4, -0.2) is 15.0 Å². The van der Waals surface area contributed by atoms with Crippen molar-refractivity contribution >= 4 is 21.5 Å². The van der Waals surface area contributed by atoms with E-state index in [2.05, 4.69) is 164 Å². The highest BCUT2D eigenvalue weighted by atomic mass is 15.0. The fourth-order valence-corrected chi connectivity index (χ4v) is 7.83. The maximum Gasteiger partial charge on any atom is 0.164 e. The van der Waals surface area contributed by atoms with E-state index in [4.69, 9.17) is 15.0 Å². The zero-order valence-electron chi connectivity index (χ0n) is 31.4. The van der Waals surface area contributed by atoms with Crippen molar-refractivity contribution in [2.24, 2.45) is 0 Å². The highest BCUT2D eigenvalue weighted by Gasteiger charge is 2.19. The minimum Gasteiger partial charge on any atom is -0.208 e. The Morgan fingerprint density at radius 3 is 1.55 bits per heavy atom. The van der Waals surface area contributed by atoms with E-state index in [-0.39, 0.29) is 0 Å². The number of nitrogens with zero attached hydrogens (tertiary/aromatic N) is 4. The van der Waals surface area contributed by atoms with E-state index in [1.54, 1.807) is 0 Å². The van der Waals surface area contributed by atoms with Crippen molar-refractivity contribution in [1.29, 1.82) is 5.26 Å². The molecule has 0 aliphatic rings. The Hall–Kier alpha value is -8.00. The van der Waals surface area contributed by atoms with Crippen LogP contribution in [0.2, 0.25) is 0 Å². The first-order valence-electron chi connectivity index (χ1n) is 19.3. The fourth-order valence-electron chi connectivity index (χ4n) is 7.83. The molecule has 270 valence electrons. The number of hydrogen-bond acceptors (Lipinski definition) is 4. The number of benzene rings is 9. The third-order valence-electron chi connectivity index (χ3n) is 10.8. The number of aromatic nitrogens is 3. The largest absolute Gasteiger partial charge is 0.208 e. The zero-order valence-corrected chi connectivity index (χ0v) is 31.4. The summed E-state index contributed by atoms with van der Waals surface area (Å²) in [7, 11) is 0. The lowest BCUT2D eigenvalue weighted by Gasteiger charge is -2.16. The van der Waals surface area contributed by atoms with Gasteiger partial charge >= 0.3 is 0 Å². The molecular weight excluding hydrogens is 705 g/mol. The summed E-state index contributed by atoms with van der Waals surface area (Å²) in [5.41, 5.74) is 11.9. The molecule has 0 N–H and O–H groups in total. The van der Waals surface area contributed by atoms with Crippen molar-refractivity contribution < 1.29 is 0 Å². The van der Waals surface area contributed by atoms with Crippen molar-refractivity contribution in [3.05, 3.63) is 212 Å². The molecule has 0 radical (unpaired) electrons. The molecule has 0 atom stereocenters. The van der Waals surface area contributed by atoms with Crippen LogP contribution in [0.4, 0.5) is 0 Å². The molecule has 0 saturated heterocycles. The third-order valence-corrected chi connectivity index (χ3v) is 10.8. The van der Waals surface area contributed by atoms with Crippen molar-refractivity contribution in [1.82, 2.24) is 15.0 Å². The zero-order chi connectivity index (χ0) is 38.8. The van der Waals surface area contributed by atoms with Crippen LogP contribution >= 0.6 is 0 Å². The lowest BCUT2D eigenvalue weighted by atomic mass is 9.90. The summed E-state index contributed by atoms with van der Waals surface area (Å²) in [6.45, 7) is 0. The summed E-state index contributed by atoms with van der Waals surface area (Å²) >= 11 is 0. The molecule has 1 aromatic heterocycles. The molecule has 4 heteroatoms. The Balaban J connectivity index is 1.19. The van der Waals surface area contributed by atoms with Gasteiger partial charge in [-0.1, -0.05) is 176 Å². The molecule has 1 heterocycles. The topological polar surface area (TPSA) is 62.5 Å². The highest BCUT2D eigenvalue weighted by Crippen LogP contribution is 2.40. The normalized spacial score (nSPS) is 11.1. The van der Waals surface area contributed by atoms with Crippen molar-refractivity contribution in [2.45, 2.75) is 0 Å². The second-order valence-electron chi connectivity index (χ2n) is 14.3. The van der Waals surface area contributed by atoms with Gasteiger partial charge in [-0.25, -0.2) is 15.0 Å². The predicted molar refractivity (Wildman–Crippen MR) is 238 cm³/mol. The van der Waals surface area contributed by atoms with Crippen LogP contribution in [0.1, 0.15) is 5.56 Å². The van der Waals surface area contributed by atoms with Gasteiger partial charge in [0.2, 0.25) is 0 Å². The monoisotopic (exact) mass is 738 g/mol. The van der Waals surface area contributed by atoms with Crippen LogP contribution in [-0.2, 0) is 0 Å². The maximum absolute atomic E-state index is 9.40. The SMILES string of the molecule is N#Cc1ccc(-c2cccc(-c3nc(-c4ccc(-c5ccccc5)cc4)nc(-c4cc(-c5cc6ccccc6c6ccccc56)ccc4-c4ccccc4)n3)c2)cc1. The minimum atomic E-state index is 0.572. The second-order valence-corrected chi connectivity index (χ2v) is 14.3. The van der Waals surface area contributed by atoms with E-state index in [9.17, 15) is 5.26 Å². The summed E-state index contributed by atoms with van der Waals surface area (Å²) < 4.78 is 0. The van der Waals surface area contributed by atoms with Gasteiger partial charge in [0.25, 0.3) is 0 Å². The second kappa shape index (κ2) is 14.9. The first-order chi connectivity index (χ1) is 28.7. The summed E-state index contributed by atoms with van der Waals surface area (Å²) in [5.74, 6) is 1.74. The summed E-state index contributed by atoms with van der Waals surface area (Å²) in [5, 5.41) is 14.2. The number of hydrogen-bond donors (Lipinski definition) is 0. The van der Waals surface area contributed by atoms with Crippen LogP contribution < -0.4 is 0 Å². The maximum atomic E-state index is 9.40. The number of nitriles is 1. The first kappa shape index (κ1) is 34.5. The van der Waals surface area contributed by atoms with Gasteiger partial charge in [0.15, 0.2) is 17.5 Å². The fraction of sp³-hybridized carbons (Fsp3) is 0. The van der Waals surface area contributed by atoms with Crippen LogP contribution in [0.25, 0.3) is 100 Å². The smallest absolute Gasteiger partial charge is 0.164 e. The molecule has 0 spiro atoms. The summed E-state index contributed by atoms with van der Waals surface area (Å²) in [4.78, 5) is 15.7. The molecule has 10 rings (SSSR count). The quantitative estimate of drug-likeness (QED) is 0.153. The van der Waals surface area contributed by atoms with E-state index >= 15 is 0 Å². The van der Waals surface area contributed by atoms with Crippen LogP contribution in [0, 0.1) is 11.3 Å². The summed E-state index contributed by atoms with van der Waals surface area (Å²) in [6.07, 6.45) is 0. The Kier molecular flexibility index (Phi) is 8.87. The van der Waals surface area contributed by atoms with Gasteiger partial charge in [0.05, 0.1) is 11.6 Å². The van der Waals surface area contributed by atoms with Crippen LogP contribution in [0.5, 0.6) is 0 Å². The molecule has 0 fully saturated rings. The van der Waals surface area contributed by atoms with Gasteiger partial charge in [-0.3, -0.25) is 0 Å². The lowest BCUT2D eigenvalue weighted by Crippen LogP contribution is -2.01. The van der Waals surface area contributed by atoms with Crippen LogP contribution in [0.15, 0.2) is 206 Å². The molecule has 0 aliphatic heterocycles. The van der Waals surface area contributed by atoms with Gasteiger partial charge < -0.3 is 0 Å². The molecule has 10 aromatic rings. The van der Waals surface area contributed by atoms with E-state index in [0.717, 1.165) is 61.2 Å². The molecule has 0 bridgehead atoms. The predicted octanol–water partition coefficient (Wildman–Crippen LogP) is 13.7. The minimum absolute atomic E-state index is 0.572. The Morgan fingerprint density at radius 2 is 0.810 bits per heavy atom. The van der Waals surface area contributed by atoms with Crippen molar-refractivity contribution in [2.75, 3.05) is 0 Å². The highest BCUT2D eigenvalue weighted by molar-refractivity contribution is 6.14. The summed E-state index contributed by atoms with van der Waals surface area (Å²) in [6, 6.07) is 73.5. The van der Waals surface area contributed by atoms with Crippen molar-refractivity contribution in [3.8, 4) is 84.7 Å². The van der Waals surface area contributed by atoms with E-state index in [1.165, 1.54) is 21.5 Å². The molecule has 0 aliphatic carbocycles. The lowest BCUT2D eigenvalue weighted by molar-refractivity contribution is 1.07. The van der Waals surface area contributed by atoms with E-state index < -0.39 is 0 Å². The Bertz CT molecular complexity index is 3150. The first-order valence-corrected chi connectivity index (χ1v) is 19.3. The van der Waals surface area contributed by atoms with Crippen LogP contribution in [0.3, 0.4) is 0 Å². The average Bonchev–Trinajstić information content (AvgIpc) is 3.31. The average molecular weight is 739 g/mol. The Labute approximate surface area is 337 Å². The van der Waals surface area contributed by atoms with Crippen molar-refractivity contribution in [3.63, 3.8) is 0 Å². The third kappa shape index (κ3) is 6.57. The molecule has 0 amide bonds. The van der Waals surface area contributed by atoms with Gasteiger partial charge in [0, 0.05) is 16.7 Å². The van der Waals surface area contributed by atoms with Gasteiger partial charge in [-0.15, -0.1) is 0 Å². The van der Waals surface area contributed by atoms with Gasteiger partial charge in [-0.05, 0) is 96.4 Å². The molecule has 0 saturated carbocycles.